The van der Waals surface area contributed by atoms with Gasteiger partial charge in [-0.05, 0) is 38.5 Å². The van der Waals surface area contributed by atoms with Gasteiger partial charge in [-0.25, -0.2) is 9.59 Å². The Morgan fingerprint density at radius 1 is 0.622 bits per heavy atom. The second kappa shape index (κ2) is 18.0. The van der Waals surface area contributed by atoms with E-state index in [1.165, 1.54) is 28.1 Å². The molecule has 0 aliphatic carbocycles. The van der Waals surface area contributed by atoms with Crippen molar-refractivity contribution in [1.82, 2.24) is 0 Å². The Morgan fingerprint density at radius 3 is 1.35 bits per heavy atom. The van der Waals surface area contributed by atoms with E-state index in [-0.39, 0.29) is 68.1 Å². The quantitative estimate of drug-likeness (QED) is 0.315. The van der Waals surface area contributed by atoms with E-state index in [2.05, 4.69) is 9.47 Å². The Balaban J connectivity index is 0.000000280. The predicted octanol–water partition coefficient (Wildman–Crippen LogP) is 0.0588. The number of hydrogen-bond acceptors (Lipinski definition) is 13. The van der Waals surface area contributed by atoms with Crippen molar-refractivity contribution in [2.45, 2.75) is 89.0 Å². The van der Waals surface area contributed by atoms with Crippen molar-refractivity contribution >= 4 is 23.9 Å². The van der Waals surface area contributed by atoms with Crippen LogP contribution in [0.1, 0.15) is 52.4 Å². The van der Waals surface area contributed by atoms with E-state index in [0.717, 1.165) is 19.3 Å². The summed E-state index contributed by atoms with van der Waals surface area (Å²) in [4.78, 5) is 42.8. The van der Waals surface area contributed by atoms with Crippen LogP contribution in [-0.4, -0.2) is 111 Å². The van der Waals surface area contributed by atoms with Gasteiger partial charge in [-0.2, -0.15) is 0 Å². The van der Waals surface area contributed by atoms with Crippen LogP contribution < -0.4 is 0 Å². The molecular weight excluding hydrogens is 496 g/mol. The van der Waals surface area contributed by atoms with Gasteiger partial charge in [0, 0.05) is 13.8 Å². The number of carbonyl (C=O) groups excluding carboxylic acids is 4. The van der Waals surface area contributed by atoms with Crippen LogP contribution in [0.25, 0.3) is 0 Å². The highest BCUT2D eigenvalue weighted by atomic mass is 16.6. The maximum atomic E-state index is 11.0. The molecule has 0 aromatic heterocycles. The monoisotopic (exact) mass is 536 g/mol. The molecule has 0 aromatic rings. The molecule has 3 rings (SSSR count). The van der Waals surface area contributed by atoms with Crippen molar-refractivity contribution in [2.24, 2.45) is 0 Å². The molecular formula is C24H40O13. The average Bonchev–Trinajstić information content (AvgIpc) is 3.66. The molecule has 3 saturated heterocycles. The van der Waals surface area contributed by atoms with Gasteiger partial charge in [0.25, 0.3) is 0 Å². The normalized spacial score (nSPS) is 28.2. The molecule has 6 unspecified atom stereocenters. The Morgan fingerprint density at radius 2 is 0.973 bits per heavy atom. The highest BCUT2D eigenvalue weighted by Crippen LogP contribution is 2.21. The SMILES string of the molecule is CC(=O)OCC1CCC(CO)O1.COC(=O)C1CCC(CO)O1.COC(=O)C1CCC(COC(C)=O)O1. The third-order valence-corrected chi connectivity index (χ3v) is 5.69. The van der Waals surface area contributed by atoms with Crippen LogP contribution in [0.2, 0.25) is 0 Å². The lowest BCUT2D eigenvalue weighted by Gasteiger charge is -2.11. The number of aliphatic hydroxyl groups is 2. The Labute approximate surface area is 216 Å². The van der Waals surface area contributed by atoms with E-state index < -0.39 is 12.2 Å². The summed E-state index contributed by atoms with van der Waals surface area (Å²) >= 11 is 0. The third-order valence-electron chi connectivity index (χ3n) is 5.69. The maximum absolute atomic E-state index is 11.0. The number of rotatable bonds is 8. The molecule has 3 aliphatic heterocycles. The molecule has 0 bridgehead atoms. The molecule has 13 nitrogen and oxygen atoms in total. The van der Waals surface area contributed by atoms with Gasteiger partial charge in [0.1, 0.15) is 13.2 Å². The number of ether oxygens (including phenoxy) is 7. The van der Waals surface area contributed by atoms with Crippen molar-refractivity contribution in [3.63, 3.8) is 0 Å². The minimum atomic E-state index is -0.499. The second-order valence-electron chi connectivity index (χ2n) is 8.62. The van der Waals surface area contributed by atoms with Gasteiger partial charge in [0.15, 0.2) is 12.2 Å². The first-order chi connectivity index (χ1) is 17.6. The summed E-state index contributed by atoms with van der Waals surface area (Å²) in [5.74, 6) is -1.34. The van der Waals surface area contributed by atoms with Gasteiger partial charge in [-0.15, -0.1) is 0 Å². The summed E-state index contributed by atoms with van der Waals surface area (Å²) in [5, 5.41) is 17.4. The largest absolute Gasteiger partial charge is 0.467 e. The van der Waals surface area contributed by atoms with Gasteiger partial charge >= 0.3 is 23.9 Å². The van der Waals surface area contributed by atoms with Crippen LogP contribution in [0.5, 0.6) is 0 Å². The highest BCUT2D eigenvalue weighted by Gasteiger charge is 2.32. The van der Waals surface area contributed by atoms with Crippen LogP contribution in [0.3, 0.4) is 0 Å². The van der Waals surface area contributed by atoms with Crippen molar-refractivity contribution in [2.75, 3.05) is 40.6 Å². The average molecular weight is 537 g/mol. The predicted molar refractivity (Wildman–Crippen MR) is 125 cm³/mol. The highest BCUT2D eigenvalue weighted by molar-refractivity contribution is 5.75. The van der Waals surface area contributed by atoms with E-state index in [1.54, 1.807) is 0 Å². The van der Waals surface area contributed by atoms with Crippen LogP contribution >= 0.6 is 0 Å². The molecule has 0 aromatic carbocycles. The van der Waals surface area contributed by atoms with Gasteiger partial charge in [0.05, 0.1) is 51.8 Å². The number of aliphatic hydroxyl groups excluding tert-OH is 2. The molecule has 37 heavy (non-hydrogen) atoms. The first kappa shape index (κ1) is 32.7. The van der Waals surface area contributed by atoms with E-state index in [0.29, 0.717) is 25.9 Å². The zero-order valence-electron chi connectivity index (χ0n) is 21.9. The van der Waals surface area contributed by atoms with Gasteiger partial charge in [0.2, 0.25) is 0 Å². The van der Waals surface area contributed by atoms with Crippen molar-refractivity contribution < 1.29 is 62.5 Å². The minimum Gasteiger partial charge on any atom is -0.467 e. The fourth-order valence-corrected chi connectivity index (χ4v) is 3.74. The lowest BCUT2D eigenvalue weighted by Crippen LogP contribution is -2.24. The van der Waals surface area contributed by atoms with Crippen LogP contribution in [0.4, 0.5) is 0 Å². The fourth-order valence-electron chi connectivity index (χ4n) is 3.74. The summed E-state index contributed by atoms with van der Waals surface area (Å²) < 4.78 is 34.3. The van der Waals surface area contributed by atoms with Crippen LogP contribution in [-0.2, 0) is 52.3 Å². The zero-order valence-corrected chi connectivity index (χ0v) is 21.9. The number of esters is 4. The standard InChI is InChI=1S/C9H14O5.C8H14O4.C7H12O4/c1-6(10)13-5-7-3-4-8(14-7)9(11)12-2;1-6(10)11-5-8-3-2-7(4-9)12-8;1-10-7(9)6-3-2-5(4-8)11-6/h7-8H,3-5H2,1-2H3;7-9H,2-5H2,1H3;5-6,8H,2-4H2,1H3. The van der Waals surface area contributed by atoms with Gasteiger partial charge in [-0.3, -0.25) is 9.59 Å². The van der Waals surface area contributed by atoms with Crippen molar-refractivity contribution in [3.05, 3.63) is 0 Å². The number of hydrogen-bond donors (Lipinski definition) is 2. The first-order valence-corrected chi connectivity index (χ1v) is 12.2. The molecule has 214 valence electrons. The van der Waals surface area contributed by atoms with E-state index in [9.17, 15) is 19.2 Å². The molecule has 0 radical (unpaired) electrons. The molecule has 2 N–H and O–H groups in total. The lowest BCUT2D eigenvalue weighted by molar-refractivity contribution is -0.156. The molecule has 0 amide bonds. The van der Waals surface area contributed by atoms with Crippen molar-refractivity contribution in [1.29, 1.82) is 0 Å². The lowest BCUT2D eigenvalue weighted by atomic mass is 10.2. The smallest absolute Gasteiger partial charge is 0.334 e. The summed E-state index contributed by atoms with van der Waals surface area (Å²) in [6.45, 7) is 3.27. The van der Waals surface area contributed by atoms with E-state index in [1.807, 2.05) is 0 Å². The Bertz CT molecular complexity index is 713. The summed E-state index contributed by atoms with van der Waals surface area (Å²) in [5.41, 5.74) is 0. The maximum Gasteiger partial charge on any atom is 0.334 e. The molecule has 13 heteroatoms. The van der Waals surface area contributed by atoms with Crippen molar-refractivity contribution in [3.8, 4) is 0 Å². The third kappa shape index (κ3) is 13.2. The first-order valence-electron chi connectivity index (χ1n) is 12.2. The molecule has 3 heterocycles. The molecule has 0 spiro atoms. The molecule has 6 atom stereocenters. The summed E-state index contributed by atoms with van der Waals surface area (Å²) in [6, 6.07) is 0. The number of methoxy groups -OCH3 is 2. The zero-order chi connectivity index (χ0) is 27.8. The van der Waals surface area contributed by atoms with Gasteiger partial charge in [-0.1, -0.05) is 0 Å². The minimum absolute atomic E-state index is 0.0203. The molecule has 0 saturated carbocycles. The van der Waals surface area contributed by atoms with E-state index in [4.69, 9.17) is 33.9 Å². The van der Waals surface area contributed by atoms with Crippen LogP contribution in [0, 0.1) is 0 Å². The van der Waals surface area contributed by atoms with E-state index >= 15 is 0 Å². The Kier molecular flexibility index (Phi) is 15.9. The second-order valence-corrected chi connectivity index (χ2v) is 8.62. The summed E-state index contributed by atoms with van der Waals surface area (Å²) in [7, 11) is 2.66. The fraction of sp³-hybridized carbons (Fsp3) is 0.833. The Hall–Kier alpha value is -2.32. The molecule has 3 aliphatic rings. The topological polar surface area (TPSA) is 173 Å². The summed E-state index contributed by atoms with van der Waals surface area (Å²) in [6.07, 6.45) is 3.03. The number of carbonyl (C=O) groups is 4. The molecule has 3 fully saturated rings. The van der Waals surface area contributed by atoms with Gasteiger partial charge < -0.3 is 43.4 Å². The van der Waals surface area contributed by atoms with Crippen LogP contribution in [0.15, 0.2) is 0 Å².